The van der Waals surface area contributed by atoms with Crippen LogP contribution in [0.25, 0.3) is 0 Å². The van der Waals surface area contributed by atoms with Crippen LogP contribution < -0.4 is 5.32 Å². The van der Waals surface area contributed by atoms with E-state index in [0.717, 1.165) is 12.3 Å². The van der Waals surface area contributed by atoms with Gasteiger partial charge in [0.05, 0.1) is 17.2 Å². The Hall–Kier alpha value is -2.42. The fraction of sp³-hybridized carbons (Fsp3) is 0.400. The van der Waals surface area contributed by atoms with Gasteiger partial charge in [-0.25, -0.2) is 4.79 Å². The number of hydrogen-bond acceptors (Lipinski definition) is 5. The number of aromatic nitrogens is 1. The largest absolute Gasteiger partial charge is 0.480 e. The number of aliphatic carboxylic acids is 1. The second-order valence-corrected chi connectivity index (χ2v) is 3.98. The monoisotopic (exact) mass is 271 g/mol. The average molecular weight is 271 g/mol. The van der Waals surface area contributed by atoms with Gasteiger partial charge in [0.15, 0.2) is 6.04 Å². The van der Waals surface area contributed by atoms with Crippen LogP contribution in [0.5, 0.6) is 0 Å². The minimum absolute atomic E-state index is 0.0707. The van der Waals surface area contributed by atoms with E-state index in [4.69, 9.17) is 5.11 Å². The Morgan fingerprint density at radius 3 is 2.47 bits per heavy atom. The summed E-state index contributed by atoms with van der Waals surface area (Å²) in [5.74, 6) is -2.21. The number of carbonyl (C=O) groups excluding carboxylic acids is 1. The standard InChI is InChI=1S/C10H13N3O6/c1-5(14)8(10(16)17)11-9(15)7-3-6(13(18)19)4-12(7)2/h3-5,8,14H,1-2H3,(H,11,15)(H,16,17)/t5-,8+/m1/s1. The van der Waals surface area contributed by atoms with Gasteiger partial charge in [0.25, 0.3) is 11.6 Å². The van der Waals surface area contributed by atoms with Crippen molar-refractivity contribution in [3.63, 3.8) is 0 Å². The highest BCUT2D eigenvalue weighted by atomic mass is 16.6. The van der Waals surface area contributed by atoms with E-state index in [1.807, 2.05) is 0 Å². The second kappa shape index (κ2) is 5.48. The van der Waals surface area contributed by atoms with Crippen LogP contribution in [0.2, 0.25) is 0 Å². The fourth-order valence-corrected chi connectivity index (χ4v) is 1.48. The van der Waals surface area contributed by atoms with Gasteiger partial charge in [-0.1, -0.05) is 0 Å². The van der Waals surface area contributed by atoms with Gasteiger partial charge in [0.1, 0.15) is 5.69 Å². The molecular formula is C10H13N3O6. The number of carboxylic acid groups (broad SMARTS) is 1. The zero-order valence-electron chi connectivity index (χ0n) is 10.2. The number of aryl methyl sites for hydroxylation is 1. The van der Waals surface area contributed by atoms with Crippen molar-refractivity contribution in [2.24, 2.45) is 7.05 Å². The molecule has 1 rings (SSSR count). The predicted octanol–water partition coefficient (Wildman–Crippen LogP) is -0.503. The smallest absolute Gasteiger partial charge is 0.328 e. The predicted molar refractivity (Wildman–Crippen MR) is 62.6 cm³/mol. The third-order valence-electron chi connectivity index (χ3n) is 2.47. The normalized spacial score (nSPS) is 13.6. The number of nitrogens with one attached hydrogen (secondary N) is 1. The molecule has 0 aromatic carbocycles. The summed E-state index contributed by atoms with van der Waals surface area (Å²) < 4.78 is 1.20. The molecule has 9 nitrogen and oxygen atoms in total. The van der Waals surface area contributed by atoms with Gasteiger partial charge in [-0.05, 0) is 6.92 Å². The number of nitro groups is 1. The molecule has 0 saturated heterocycles. The van der Waals surface area contributed by atoms with Gasteiger partial charge in [-0.15, -0.1) is 0 Å². The summed E-state index contributed by atoms with van der Waals surface area (Å²) in [6, 6.07) is -0.461. The van der Waals surface area contributed by atoms with Crippen LogP contribution in [0.1, 0.15) is 17.4 Å². The molecule has 3 N–H and O–H groups in total. The van der Waals surface area contributed by atoms with Gasteiger partial charge in [0, 0.05) is 13.1 Å². The number of aliphatic hydroxyl groups excluding tert-OH is 1. The van der Waals surface area contributed by atoms with Crippen LogP contribution in [0.3, 0.4) is 0 Å². The Bertz CT molecular complexity index is 521. The summed E-state index contributed by atoms with van der Waals surface area (Å²) in [6.07, 6.45) is -0.163. The van der Waals surface area contributed by atoms with Gasteiger partial charge < -0.3 is 20.1 Å². The minimum atomic E-state index is -1.48. The molecule has 0 aliphatic rings. The van der Waals surface area contributed by atoms with Crippen molar-refractivity contribution in [2.75, 3.05) is 0 Å². The van der Waals surface area contributed by atoms with Crippen molar-refractivity contribution in [1.82, 2.24) is 9.88 Å². The number of carbonyl (C=O) groups is 2. The molecule has 0 fully saturated rings. The average Bonchev–Trinajstić information content (AvgIpc) is 2.67. The Kier molecular flexibility index (Phi) is 4.22. The lowest BCUT2D eigenvalue weighted by atomic mass is 10.2. The molecule has 1 amide bonds. The summed E-state index contributed by atoms with van der Waals surface area (Å²) in [4.78, 5) is 32.5. The second-order valence-electron chi connectivity index (χ2n) is 3.98. The zero-order valence-corrected chi connectivity index (χ0v) is 10.2. The SMILES string of the molecule is C[C@@H](O)[C@H](NC(=O)c1cc([N+](=O)[O-])cn1C)C(=O)O. The van der Waals surface area contributed by atoms with E-state index >= 15 is 0 Å². The lowest BCUT2D eigenvalue weighted by Crippen LogP contribution is -2.48. The molecule has 104 valence electrons. The Morgan fingerprint density at radius 2 is 2.11 bits per heavy atom. The van der Waals surface area contributed by atoms with Crippen LogP contribution >= 0.6 is 0 Å². The lowest BCUT2D eigenvalue weighted by Gasteiger charge is -2.16. The molecule has 0 saturated carbocycles. The van der Waals surface area contributed by atoms with E-state index in [2.05, 4.69) is 5.32 Å². The highest BCUT2D eigenvalue weighted by molar-refractivity contribution is 5.96. The summed E-state index contributed by atoms with van der Waals surface area (Å²) >= 11 is 0. The van der Waals surface area contributed by atoms with E-state index in [1.165, 1.54) is 18.5 Å². The molecule has 0 unspecified atom stereocenters. The number of hydrogen-bond donors (Lipinski definition) is 3. The van der Waals surface area contributed by atoms with Crippen molar-refractivity contribution in [2.45, 2.75) is 19.1 Å². The molecule has 0 aliphatic heterocycles. The molecule has 2 atom stereocenters. The molecule has 1 heterocycles. The Labute approximate surface area is 107 Å². The summed E-state index contributed by atoms with van der Waals surface area (Å²) in [7, 11) is 1.42. The van der Waals surface area contributed by atoms with Crippen molar-refractivity contribution in [3.05, 3.63) is 28.1 Å². The summed E-state index contributed by atoms with van der Waals surface area (Å²) in [5.41, 5.74) is -0.352. The summed E-state index contributed by atoms with van der Waals surface area (Å²) in [6.45, 7) is 1.21. The molecule has 0 radical (unpaired) electrons. The molecular weight excluding hydrogens is 258 g/mol. The highest BCUT2D eigenvalue weighted by Crippen LogP contribution is 2.15. The number of rotatable bonds is 5. The van der Waals surface area contributed by atoms with E-state index in [0.29, 0.717) is 0 Å². The molecule has 0 spiro atoms. The highest BCUT2D eigenvalue weighted by Gasteiger charge is 2.27. The molecule has 9 heteroatoms. The van der Waals surface area contributed by atoms with Crippen molar-refractivity contribution >= 4 is 17.6 Å². The first-order valence-corrected chi connectivity index (χ1v) is 5.26. The maximum Gasteiger partial charge on any atom is 0.328 e. The van der Waals surface area contributed by atoms with Gasteiger partial charge in [0.2, 0.25) is 0 Å². The van der Waals surface area contributed by atoms with Crippen LogP contribution in [-0.2, 0) is 11.8 Å². The fourth-order valence-electron chi connectivity index (χ4n) is 1.48. The Balaban J connectivity index is 2.94. The first kappa shape index (κ1) is 14.6. The maximum atomic E-state index is 11.8. The van der Waals surface area contributed by atoms with E-state index in [1.54, 1.807) is 0 Å². The topological polar surface area (TPSA) is 135 Å². The molecule has 1 aromatic heterocycles. The lowest BCUT2D eigenvalue weighted by molar-refractivity contribution is -0.384. The third kappa shape index (κ3) is 3.28. The number of amides is 1. The minimum Gasteiger partial charge on any atom is -0.480 e. The van der Waals surface area contributed by atoms with Crippen LogP contribution in [0.15, 0.2) is 12.3 Å². The first-order valence-electron chi connectivity index (χ1n) is 5.26. The molecule has 0 aliphatic carbocycles. The zero-order chi connectivity index (χ0) is 14.7. The van der Waals surface area contributed by atoms with E-state index in [-0.39, 0.29) is 11.4 Å². The molecule has 0 bridgehead atoms. The first-order chi connectivity index (χ1) is 8.73. The number of carboxylic acids is 1. The van der Waals surface area contributed by atoms with Crippen molar-refractivity contribution < 1.29 is 24.7 Å². The maximum absolute atomic E-state index is 11.8. The van der Waals surface area contributed by atoms with Gasteiger partial charge >= 0.3 is 5.97 Å². The quantitative estimate of drug-likeness (QED) is 0.488. The molecule has 1 aromatic rings. The molecule has 19 heavy (non-hydrogen) atoms. The van der Waals surface area contributed by atoms with Crippen molar-refractivity contribution in [1.29, 1.82) is 0 Å². The van der Waals surface area contributed by atoms with Crippen LogP contribution in [0, 0.1) is 10.1 Å². The van der Waals surface area contributed by atoms with Gasteiger partial charge in [-0.2, -0.15) is 0 Å². The number of aliphatic hydroxyl groups is 1. The summed E-state index contributed by atoms with van der Waals surface area (Å²) in [5, 5.41) is 30.7. The van der Waals surface area contributed by atoms with Crippen molar-refractivity contribution in [3.8, 4) is 0 Å². The Morgan fingerprint density at radius 1 is 1.53 bits per heavy atom. The van der Waals surface area contributed by atoms with Crippen LogP contribution in [-0.4, -0.2) is 43.7 Å². The van der Waals surface area contributed by atoms with Crippen LogP contribution in [0.4, 0.5) is 5.69 Å². The van der Waals surface area contributed by atoms with E-state index < -0.39 is 28.9 Å². The third-order valence-corrected chi connectivity index (χ3v) is 2.47. The van der Waals surface area contributed by atoms with E-state index in [9.17, 15) is 24.8 Å². The number of nitrogens with zero attached hydrogens (tertiary/aromatic N) is 2. The van der Waals surface area contributed by atoms with Gasteiger partial charge in [-0.3, -0.25) is 14.9 Å².